The largest absolute Gasteiger partial charge is 0.416 e. The molecule has 1 fully saturated rings. The van der Waals surface area contributed by atoms with E-state index in [0.29, 0.717) is 18.9 Å². The van der Waals surface area contributed by atoms with Gasteiger partial charge in [0.1, 0.15) is 0 Å². The molecule has 0 spiro atoms. The van der Waals surface area contributed by atoms with Crippen molar-refractivity contribution in [1.29, 1.82) is 0 Å². The second-order valence-electron chi connectivity index (χ2n) is 7.32. The minimum atomic E-state index is -4.47. The smallest absolute Gasteiger partial charge is 0.378 e. The van der Waals surface area contributed by atoms with Crippen molar-refractivity contribution in [3.8, 4) is 0 Å². The number of halogens is 3. The Labute approximate surface area is 178 Å². The van der Waals surface area contributed by atoms with Gasteiger partial charge in [-0.3, -0.25) is 9.59 Å². The Balaban J connectivity index is 1.51. The molecule has 1 N–H and O–H groups in total. The number of nitrogens with one attached hydrogen (secondary N) is 1. The van der Waals surface area contributed by atoms with Crippen LogP contribution in [0.4, 0.5) is 24.5 Å². The Morgan fingerprint density at radius 1 is 1.10 bits per heavy atom. The molecule has 0 saturated carbocycles. The predicted octanol–water partition coefficient (Wildman–Crippen LogP) is 3.18. The van der Waals surface area contributed by atoms with Crippen LogP contribution in [0.5, 0.6) is 0 Å². The summed E-state index contributed by atoms with van der Waals surface area (Å²) in [6.45, 7) is 2.77. The summed E-state index contributed by atoms with van der Waals surface area (Å²) in [5.74, 6) is -0.837. The Morgan fingerprint density at radius 2 is 1.77 bits per heavy atom. The number of hydrogen-bond acceptors (Lipinski definition) is 4. The van der Waals surface area contributed by atoms with Crippen LogP contribution in [-0.4, -0.2) is 56.6 Å². The lowest BCUT2D eigenvalue weighted by atomic mass is 10.1. The fourth-order valence-corrected chi connectivity index (χ4v) is 3.25. The number of likely N-dealkylation sites (N-methyl/N-ethyl adjacent to an activating group) is 1. The molecule has 0 aromatic heterocycles. The van der Waals surface area contributed by atoms with E-state index in [1.807, 2.05) is 12.1 Å². The molecule has 2 aromatic rings. The van der Waals surface area contributed by atoms with Crippen molar-refractivity contribution in [2.75, 3.05) is 50.1 Å². The molecule has 0 aliphatic carbocycles. The van der Waals surface area contributed by atoms with Gasteiger partial charge < -0.3 is 19.9 Å². The number of amides is 2. The standard InChI is InChI=1S/C22H24F3N3O3/c1-27(21(30)14-16-3-2-4-17(13-16)22(23,24)25)15-20(29)26-18-5-7-19(8-6-18)28-9-11-31-12-10-28/h2-8,13H,9-12,14-15H2,1H3,(H,26,29). The van der Waals surface area contributed by atoms with E-state index < -0.39 is 17.6 Å². The first-order valence-electron chi connectivity index (χ1n) is 9.85. The number of nitrogens with zero attached hydrogens (tertiary/aromatic N) is 2. The summed E-state index contributed by atoms with van der Waals surface area (Å²) in [7, 11) is 1.44. The van der Waals surface area contributed by atoms with Crippen molar-refractivity contribution in [2.24, 2.45) is 0 Å². The maximum absolute atomic E-state index is 12.8. The number of hydrogen-bond donors (Lipinski definition) is 1. The van der Waals surface area contributed by atoms with Crippen LogP contribution in [0.1, 0.15) is 11.1 Å². The number of benzene rings is 2. The van der Waals surface area contributed by atoms with E-state index in [4.69, 9.17) is 4.74 Å². The van der Waals surface area contributed by atoms with Crippen LogP contribution in [-0.2, 0) is 26.9 Å². The lowest BCUT2D eigenvalue weighted by Gasteiger charge is -2.28. The molecular formula is C22H24F3N3O3. The van der Waals surface area contributed by atoms with Crippen molar-refractivity contribution in [3.05, 3.63) is 59.7 Å². The molecule has 1 heterocycles. The zero-order valence-electron chi connectivity index (χ0n) is 17.1. The molecule has 3 rings (SSSR count). The molecule has 1 aliphatic rings. The van der Waals surface area contributed by atoms with Crippen molar-refractivity contribution in [2.45, 2.75) is 12.6 Å². The highest BCUT2D eigenvalue weighted by Gasteiger charge is 2.30. The average molecular weight is 435 g/mol. The first-order valence-corrected chi connectivity index (χ1v) is 9.85. The third kappa shape index (κ3) is 6.45. The molecule has 1 aliphatic heterocycles. The fourth-order valence-electron chi connectivity index (χ4n) is 3.25. The van der Waals surface area contributed by atoms with Crippen LogP contribution in [0.3, 0.4) is 0 Å². The summed E-state index contributed by atoms with van der Waals surface area (Å²) in [6, 6.07) is 12.0. The SMILES string of the molecule is CN(CC(=O)Nc1ccc(N2CCOCC2)cc1)C(=O)Cc1cccc(C(F)(F)F)c1. The molecular weight excluding hydrogens is 411 g/mol. The first-order chi connectivity index (χ1) is 14.7. The van der Waals surface area contributed by atoms with Crippen LogP contribution in [0.2, 0.25) is 0 Å². The molecule has 0 radical (unpaired) electrons. The normalized spacial score (nSPS) is 14.3. The maximum Gasteiger partial charge on any atom is 0.416 e. The molecule has 2 aromatic carbocycles. The van der Waals surface area contributed by atoms with Gasteiger partial charge in [-0.2, -0.15) is 13.2 Å². The minimum absolute atomic E-state index is 0.205. The monoisotopic (exact) mass is 435 g/mol. The molecule has 0 unspecified atom stereocenters. The number of morpholine rings is 1. The van der Waals surface area contributed by atoms with Crippen molar-refractivity contribution in [1.82, 2.24) is 4.90 Å². The summed E-state index contributed by atoms with van der Waals surface area (Å²) in [4.78, 5) is 28.0. The van der Waals surface area contributed by atoms with Gasteiger partial charge in [-0.1, -0.05) is 18.2 Å². The number of ether oxygens (including phenoxy) is 1. The van der Waals surface area contributed by atoms with Gasteiger partial charge >= 0.3 is 6.18 Å². The summed E-state index contributed by atoms with van der Waals surface area (Å²) in [5.41, 5.74) is 1.07. The number of rotatable bonds is 6. The maximum atomic E-state index is 12.8. The van der Waals surface area contributed by atoms with Gasteiger partial charge in [0.2, 0.25) is 11.8 Å². The van der Waals surface area contributed by atoms with Crippen molar-refractivity contribution < 1.29 is 27.5 Å². The van der Waals surface area contributed by atoms with E-state index in [1.165, 1.54) is 24.1 Å². The second kappa shape index (κ2) is 9.82. The number of carbonyl (C=O) groups excluding carboxylic acids is 2. The topological polar surface area (TPSA) is 61.9 Å². The Kier molecular flexibility index (Phi) is 7.17. The van der Waals surface area contributed by atoms with Gasteiger partial charge in [0.05, 0.1) is 31.7 Å². The summed E-state index contributed by atoms with van der Waals surface area (Å²) in [5, 5.41) is 2.73. The van der Waals surface area contributed by atoms with E-state index in [-0.39, 0.29) is 24.4 Å². The molecule has 0 bridgehead atoms. The van der Waals surface area contributed by atoms with Crippen LogP contribution in [0, 0.1) is 0 Å². The van der Waals surface area contributed by atoms with E-state index in [2.05, 4.69) is 10.2 Å². The van der Waals surface area contributed by atoms with E-state index in [0.717, 1.165) is 30.9 Å². The molecule has 166 valence electrons. The number of anilines is 2. The van der Waals surface area contributed by atoms with Gasteiger partial charge in [-0.05, 0) is 35.9 Å². The third-order valence-electron chi connectivity index (χ3n) is 4.94. The van der Waals surface area contributed by atoms with Gasteiger partial charge in [0, 0.05) is 31.5 Å². The molecule has 9 heteroatoms. The average Bonchev–Trinajstić information content (AvgIpc) is 2.74. The van der Waals surface area contributed by atoms with Crippen LogP contribution < -0.4 is 10.2 Å². The zero-order chi connectivity index (χ0) is 22.4. The van der Waals surface area contributed by atoms with Gasteiger partial charge in [0.15, 0.2) is 0 Å². The van der Waals surface area contributed by atoms with Gasteiger partial charge in [-0.25, -0.2) is 0 Å². The third-order valence-corrected chi connectivity index (χ3v) is 4.94. The Morgan fingerprint density at radius 3 is 2.42 bits per heavy atom. The summed E-state index contributed by atoms with van der Waals surface area (Å²) in [6.07, 6.45) is -4.69. The second-order valence-corrected chi connectivity index (χ2v) is 7.32. The lowest BCUT2D eigenvalue weighted by Crippen LogP contribution is -2.36. The van der Waals surface area contributed by atoms with Crippen LogP contribution >= 0.6 is 0 Å². The van der Waals surface area contributed by atoms with E-state index in [9.17, 15) is 22.8 Å². The van der Waals surface area contributed by atoms with Gasteiger partial charge in [-0.15, -0.1) is 0 Å². The molecule has 1 saturated heterocycles. The van der Waals surface area contributed by atoms with Crippen molar-refractivity contribution >= 4 is 23.2 Å². The minimum Gasteiger partial charge on any atom is -0.378 e. The molecule has 6 nitrogen and oxygen atoms in total. The molecule has 31 heavy (non-hydrogen) atoms. The molecule has 2 amide bonds. The van der Waals surface area contributed by atoms with E-state index >= 15 is 0 Å². The summed E-state index contributed by atoms with van der Waals surface area (Å²) < 4.78 is 43.8. The van der Waals surface area contributed by atoms with E-state index in [1.54, 1.807) is 12.1 Å². The van der Waals surface area contributed by atoms with Crippen LogP contribution in [0.25, 0.3) is 0 Å². The molecule has 0 atom stereocenters. The summed E-state index contributed by atoms with van der Waals surface area (Å²) >= 11 is 0. The highest BCUT2D eigenvalue weighted by molar-refractivity contribution is 5.94. The first kappa shape index (κ1) is 22.6. The fraction of sp³-hybridized carbons (Fsp3) is 0.364. The van der Waals surface area contributed by atoms with Crippen LogP contribution in [0.15, 0.2) is 48.5 Å². The lowest BCUT2D eigenvalue weighted by molar-refractivity contribution is -0.137. The Bertz CT molecular complexity index is 910. The Hall–Kier alpha value is -3.07. The quantitative estimate of drug-likeness (QED) is 0.757. The number of carbonyl (C=O) groups is 2. The zero-order valence-corrected chi connectivity index (χ0v) is 17.1. The predicted molar refractivity (Wildman–Crippen MR) is 111 cm³/mol. The highest BCUT2D eigenvalue weighted by atomic mass is 19.4. The highest BCUT2D eigenvalue weighted by Crippen LogP contribution is 2.29. The van der Waals surface area contributed by atoms with Crippen molar-refractivity contribution in [3.63, 3.8) is 0 Å². The van der Waals surface area contributed by atoms with Gasteiger partial charge in [0.25, 0.3) is 0 Å². The number of alkyl halides is 3.